The van der Waals surface area contributed by atoms with E-state index in [0.29, 0.717) is 11.4 Å². The molecule has 0 aliphatic rings. The molecule has 0 atom stereocenters. The number of nitrogens with zero attached hydrogens (tertiary/aromatic N) is 3. The monoisotopic (exact) mass is 431 g/mol. The van der Waals surface area contributed by atoms with Crippen LogP contribution in [0.25, 0.3) is 38.6 Å². The fourth-order valence-corrected chi connectivity index (χ4v) is 4.08. The molecule has 5 rings (SSSR count). The van der Waals surface area contributed by atoms with Gasteiger partial charge in [-0.2, -0.15) is 0 Å². The second-order valence-electron chi connectivity index (χ2n) is 7.79. The number of fused-ring (bicyclic) bond motifs is 3. The van der Waals surface area contributed by atoms with E-state index in [0.717, 1.165) is 32.9 Å². The third kappa shape index (κ3) is 3.59. The highest BCUT2D eigenvalue weighted by atomic mass is 16.2. The van der Waals surface area contributed by atoms with Crippen molar-refractivity contribution in [3.8, 4) is 16.8 Å². The van der Waals surface area contributed by atoms with Crippen molar-refractivity contribution in [1.29, 1.82) is 0 Å². The van der Waals surface area contributed by atoms with Gasteiger partial charge in [-0.3, -0.25) is 19.1 Å². The van der Waals surface area contributed by atoms with E-state index in [4.69, 9.17) is 0 Å². The summed E-state index contributed by atoms with van der Waals surface area (Å²) >= 11 is 0. The van der Waals surface area contributed by atoms with E-state index in [1.54, 1.807) is 29.9 Å². The summed E-state index contributed by atoms with van der Waals surface area (Å²) in [6.07, 6.45) is 3.05. The molecule has 33 heavy (non-hydrogen) atoms. The lowest BCUT2D eigenvalue weighted by molar-refractivity contribution is -0.113. The van der Waals surface area contributed by atoms with Crippen LogP contribution in [0, 0.1) is 0 Å². The van der Waals surface area contributed by atoms with Gasteiger partial charge in [-0.1, -0.05) is 49.0 Å². The first-order chi connectivity index (χ1) is 16.1. The summed E-state index contributed by atoms with van der Waals surface area (Å²) in [5, 5.41) is 1.74. The minimum Gasteiger partial charge on any atom is -0.312 e. The molecule has 0 saturated carbocycles. The zero-order valence-corrected chi connectivity index (χ0v) is 18.1. The Morgan fingerprint density at radius 3 is 2.55 bits per heavy atom. The quantitative estimate of drug-likeness (QED) is 0.285. The number of anilines is 1. The van der Waals surface area contributed by atoms with Crippen LogP contribution in [0.2, 0.25) is 0 Å². The molecule has 0 unspecified atom stereocenters. The molecule has 5 heteroatoms. The summed E-state index contributed by atoms with van der Waals surface area (Å²) in [4.78, 5) is 31.4. The number of amides is 1. The Balaban J connectivity index is 1.80. The highest BCUT2D eigenvalue weighted by Gasteiger charge is 2.13. The average Bonchev–Trinajstić information content (AvgIpc) is 2.87. The van der Waals surface area contributed by atoms with Crippen molar-refractivity contribution in [2.45, 2.75) is 0 Å². The lowest BCUT2D eigenvalue weighted by Crippen LogP contribution is -2.24. The zero-order valence-electron chi connectivity index (χ0n) is 18.1. The predicted octanol–water partition coefficient (Wildman–Crippen LogP) is 5.35. The van der Waals surface area contributed by atoms with Gasteiger partial charge in [0.25, 0.3) is 5.56 Å². The van der Waals surface area contributed by atoms with Crippen molar-refractivity contribution in [1.82, 2.24) is 9.55 Å². The Labute approximate surface area is 190 Å². The molecule has 1 amide bonds. The maximum atomic E-state index is 13.1. The van der Waals surface area contributed by atoms with Crippen molar-refractivity contribution in [3.05, 3.63) is 114 Å². The number of benzene rings is 3. The Bertz CT molecular complexity index is 1590. The highest BCUT2D eigenvalue weighted by Crippen LogP contribution is 2.30. The molecule has 0 spiro atoms. The zero-order chi connectivity index (χ0) is 22.9. The molecule has 2 aromatic heterocycles. The summed E-state index contributed by atoms with van der Waals surface area (Å²) < 4.78 is 1.68. The summed E-state index contributed by atoms with van der Waals surface area (Å²) in [6.45, 7) is 3.56. The van der Waals surface area contributed by atoms with Crippen LogP contribution in [0.5, 0.6) is 0 Å². The maximum Gasteiger partial charge on any atom is 0.255 e. The predicted molar refractivity (Wildman–Crippen MR) is 134 cm³/mol. The smallest absolute Gasteiger partial charge is 0.255 e. The van der Waals surface area contributed by atoms with E-state index in [1.165, 1.54) is 11.0 Å². The summed E-state index contributed by atoms with van der Waals surface area (Å²) in [5.74, 6) is -0.223. The molecule has 2 heterocycles. The fourth-order valence-electron chi connectivity index (χ4n) is 4.08. The van der Waals surface area contributed by atoms with Crippen LogP contribution in [-0.2, 0) is 4.79 Å². The average molecular weight is 431 g/mol. The molecule has 160 valence electrons. The Morgan fingerprint density at radius 2 is 1.76 bits per heavy atom. The number of pyridine rings is 2. The molecule has 0 radical (unpaired) electrons. The first kappa shape index (κ1) is 20.4. The largest absolute Gasteiger partial charge is 0.312 e. The van der Waals surface area contributed by atoms with Crippen LogP contribution in [0.3, 0.4) is 0 Å². The molecule has 5 aromatic rings. The molecule has 0 fully saturated rings. The number of carbonyl (C=O) groups excluding carboxylic acids is 1. The van der Waals surface area contributed by atoms with Crippen molar-refractivity contribution < 1.29 is 4.79 Å². The van der Waals surface area contributed by atoms with Gasteiger partial charge in [0.1, 0.15) is 0 Å². The van der Waals surface area contributed by atoms with Gasteiger partial charge in [0.2, 0.25) is 5.91 Å². The molecular formula is C28H21N3O2. The molecule has 0 N–H and O–H groups in total. The van der Waals surface area contributed by atoms with Crippen molar-refractivity contribution in [3.63, 3.8) is 0 Å². The van der Waals surface area contributed by atoms with Crippen LogP contribution in [-0.4, -0.2) is 22.5 Å². The minimum atomic E-state index is -0.223. The van der Waals surface area contributed by atoms with Crippen molar-refractivity contribution >= 4 is 33.4 Å². The van der Waals surface area contributed by atoms with Crippen molar-refractivity contribution in [2.75, 3.05) is 11.9 Å². The molecule has 0 aliphatic carbocycles. The highest BCUT2D eigenvalue weighted by molar-refractivity contribution is 6.05. The van der Waals surface area contributed by atoms with E-state index in [1.807, 2.05) is 54.6 Å². The Hall–Kier alpha value is -4.51. The van der Waals surface area contributed by atoms with Gasteiger partial charge in [-0.25, -0.2) is 0 Å². The molecule has 5 nitrogen and oxygen atoms in total. The van der Waals surface area contributed by atoms with Gasteiger partial charge in [0.15, 0.2) is 0 Å². The second-order valence-corrected chi connectivity index (χ2v) is 7.79. The Kier molecular flexibility index (Phi) is 5.07. The third-order valence-electron chi connectivity index (χ3n) is 5.80. The van der Waals surface area contributed by atoms with E-state index in [-0.39, 0.29) is 11.5 Å². The lowest BCUT2D eigenvalue weighted by atomic mass is 10.0. The molecular weight excluding hydrogens is 410 g/mol. The van der Waals surface area contributed by atoms with Crippen LogP contribution in [0.1, 0.15) is 0 Å². The summed E-state index contributed by atoms with van der Waals surface area (Å²) in [7, 11) is 1.68. The number of likely N-dealkylation sites (N-methyl/N-ethyl adjacent to an activating group) is 1. The van der Waals surface area contributed by atoms with Gasteiger partial charge in [-0.15, -0.1) is 0 Å². The van der Waals surface area contributed by atoms with E-state index < -0.39 is 0 Å². The number of hydrogen-bond acceptors (Lipinski definition) is 3. The first-order valence-corrected chi connectivity index (χ1v) is 10.6. The topological polar surface area (TPSA) is 55.2 Å². The van der Waals surface area contributed by atoms with Crippen LogP contribution < -0.4 is 10.5 Å². The molecule has 0 saturated heterocycles. The fraction of sp³-hybridized carbons (Fsp3) is 0.0357. The SMILES string of the molecule is C=CC(=O)N(C)c1cccc(-n2c(=O)ccc3cnc4ccc(-c5ccccc5)cc4c32)c1. The molecule has 0 aliphatic heterocycles. The van der Waals surface area contributed by atoms with E-state index >= 15 is 0 Å². The molecule has 3 aromatic carbocycles. The Morgan fingerprint density at radius 1 is 0.939 bits per heavy atom. The van der Waals surface area contributed by atoms with Gasteiger partial charge in [0.05, 0.1) is 16.7 Å². The van der Waals surface area contributed by atoms with Gasteiger partial charge < -0.3 is 4.90 Å². The minimum absolute atomic E-state index is 0.157. The van der Waals surface area contributed by atoms with E-state index in [9.17, 15) is 9.59 Å². The van der Waals surface area contributed by atoms with Crippen molar-refractivity contribution in [2.24, 2.45) is 0 Å². The summed E-state index contributed by atoms with van der Waals surface area (Å²) in [6, 6.07) is 26.9. The number of rotatable bonds is 4. The maximum absolute atomic E-state index is 13.1. The lowest BCUT2D eigenvalue weighted by Gasteiger charge is -2.18. The van der Waals surface area contributed by atoms with Gasteiger partial charge in [-0.05, 0) is 53.6 Å². The first-order valence-electron chi connectivity index (χ1n) is 10.6. The standard InChI is InChI=1S/C28H21N3O2/c1-3-26(32)30(2)22-10-7-11-23(17-22)31-27(33)15-13-21-18-29-25-14-12-20(16-24(25)28(21)31)19-8-5-4-6-9-19/h3-18H,1H2,2H3. The molecule has 0 bridgehead atoms. The van der Waals surface area contributed by atoms with Crippen LogP contribution >= 0.6 is 0 Å². The summed E-state index contributed by atoms with van der Waals surface area (Å²) in [5.41, 5.74) is 4.90. The number of carbonyl (C=O) groups is 1. The van der Waals surface area contributed by atoms with Crippen LogP contribution in [0.4, 0.5) is 5.69 Å². The number of hydrogen-bond donors (Lipinski definition) is 0. The van der Waals surface area contributed by atoms with E-state index in [2.05, 4.69) is 29.8 Å². The number of aromatic nitrogens is 2. The van der Waals surface area contributed by atoms with Gasteiger partial charge in [0, 0.05) is 35.8 Å². The van der Waals surface area contributed by atoms with Crippen LogP contribution in [0.15, 0.2) is 109 Å². The van der Waals surface area contributed by atoms with Gasteiger partial charge >= 0.3 is 0 Å². The third-order valence-corrected chi connectivity index (χ3v) is 5.80. The normalized spacial score (nSPS) is 10.9. The second kappa shape index (κ2) is 8.20.